The molecule has 1 heterocycles. The molecule has 0 spiro atoms. The van der Waals surface area contributed by atoms with Crippen LogP contribution in [0.5, 0.6) is 5.88 Å². The van der Waals surface area contributed by atoms with Gasteiger partial charge in [0.2, 0.25) is 5.88 Å². The van der Waals surface area contributed by atoms with Crippen LogP contribution in [0.3, 0.4) is 0 Å². The SMILES string of the molecule is CCC(C)(C#N)c1nccc(OC)n1. The van der Waals surface area contributed by atoms with Gasteiger partial charge in [-0.2, -0.15) is 10.2 Å². The van der Waals surface area contributed by atoms with Gasteiger partial charge in [0.05, 0.1) is 13.2 Å². The van der Waals surface area contributed by atoms with Crippen molar-refractivity contribution in [1.82, 2.24) is 9.97 Å². The van der Waals surface area contributed by atoms with Gasteiger partial charge in [-0.3, -0.25) is 0 Å². The number of rotatable bonds is 3. The number of hydrogen-bond donors (Lipinski definition) is 0. The first kappa shape index (κ1) is 10.5. The van der Waals surface area contributed by atoms with Crippen LogP contribution in [0, 0.1) is 11.3 Å². The summed E-state index contributed by atoms with van der Waals surface area (Å²) in [6.07, 6.45) is 2.28. The van der Waals surface area contributed by atoms with Gasteiger partial charge in [0.1, 0.15) is 5.41 Å². The van der Waals surface area contributed by atoms with Crippen LogP contribution in [0.4, 0.5) is 0 Å². The molecule has 74 valence electrons. The van der Waals surface area contributed by atoms with Crippen LogP contribution in [0.2, 0.25) is 0 Å². The minimum Gasteiger partial charge on any atom is -0.481 e. The van der Waals surface area contributed by atoms with E-state index in [9.17, 15) is 0 Å². The molecule has 1 aromatic rings. The topological polar surface area (TPSA) is 58.8 Å². The lowest BCUT2D eigenvalue weighted by Crippen LogP contribution is -2.21. The largest absolute Gasteiger partial charge is 0.481 e. The Hall–Kier alpha value is -1.63. The molecule has 0 radical (unpaired) electrons. The van der Waals surface area contributed by atoms with E-state index in [1.165, 1.54) is 0 Å². The van der Waals surface area contributed by atoms with Crippen molar-refractivity contribution in [2.75, 3.05) is 7.11 Å². The number of methoxy groups -OCH3 is 1. The zero-order valence-electron chi connectivity index (χ0n) is 8.61. The molecule has 0 fully saturated rings. The van der Waals surface area contributed by atoms with Crippen molar-refractivity contribution in [3.63, 3.8) is 0 Å². The number of hydrogen-bond acceptors (Lipinski definition) is 4. The Bertz CT molecular complexity index is 359. The Morgan fingerprint density at radius 1 is 1.64 bits per heavy atom. The number of nitrogens with zero attached hydrogens (tertiary/aromatic N) is 3. The number of ether oxygens (including phenoxy) is 1. The molecule has 0 aliphatic rings. The fourth-order valence-corrected chi connectivity index (χ4v) is 1.01. The standard InChI is InChI=1S/C10H13N3O/c1-4-10(2,7-11)9-12-6-5-8(13-9)14-3/h5-6H,4H2,1-3H3. The molecule has 4 nitrogen and oxygen atoms in total. The first-order valence-electron chi connectivity index (χ1n) is 4.45. The molecule has 1 rings (SSSR count). The monoisotopic (exact) mass is 191 g/mol. The summed E-state index contributed by atoms with van der Waals surface area (Å²) in [4.78, 5) is 8.24. The van der Waals surface area contributed by atoms with Gasteiger partial charge in [-0.1, -0.05) is 6.92 Å². The first-order valence-corrected chi connectivity index (χ1v) is 4.45. The molecular formula is C10H13N3O. The highest BCUT2D eigenvalue weighted by Crippen LogP contribution is 2.24. The molecule has 4 heteroatoms. The van der Waals surface area contributed by atoms with Gasteiger partial charge in [0, 0.05) is 12.3 Å². The molecule has 1 atom stereocenters. The van der Waals surface area contributed by atoms with Crippen LogP contribution in [-0.4, -0.2) is 17.1 Å². The van der Waals surface area contributed by atoms with Gasteiger partial charge >= 0.3 is 0 Å². The molecule has 1 unspecified atom stereocenters. The molecule has 0 bridgehead atoms. The lowest BCUT2D eigenvalue weighted by molar-refractivity contribution is 0.389. The molecule has 0 N–H and O–H groups in total. The van der Waals surface area contributed by atoms with Crippen LogP contribution in [0.1, 0.15) is 26.1 Å². The maximum atomic E-state index is 9.03. The Morgan fingerprint density at radius 3 is 2.86 bits per heavy atom. The molecule has 1 aromatic heterocycles. The highest BCUT2D eigenvalue weighted by atomic mass is 16.5. The second-order valence-corrected chi connectivity index (χ2v) is 3.22. The fraction of sp³-hybridized carbons (Fsp3) is 0.500. The molecule has 0 aliphatic heterocycles. The van der Waals surface area contributed by atoms with Crippen molar-refractivity contribution in [2.45, 2.75) is 25.7 Å². The summed E-state index contributed by atoms with van der Waals surface area (Å²) in [5, 5.41) is 9.03. The molecular weight excluding hydrogens is 178 g/mol. The van der Waals surface area contributed by atoms with Gasteiger partial charge < -0.3 is 4.74 Å². The first-order chi connectivity index (χ1) is 6.66. The molecule has 14 heavy (non-hydrogen) atoms. The summed E-state index contributed by atoms with van der Waals surface area (Å²) >= 11 is 0. The maximum Gasteiger partial charge on any atom is 0.216 e. The zero-order chi connectivity index (χ0) is 10.6. The summed E-state index contributed by atoms with van der Waals surface area (Å²) in [7, 11) is 1.54. The fourth-order valence-electron chi connectivity index (χ4n) is 1.01. The summed E-state index contributed by atoms with van der Waals surface area (Å²) < 4.78 is 4.98. The van der Waals surface area contributed by atoms with Gasteiger partial charge in [-0.05, 0) is 13.3 Å². The van der Waals surface area contributed by atoms with Crippen LogP contribution in [0.15, 0.2) is 12.3 Å². The van der Waals surface area contributed by atoms with E-state index in [1.807, 2.05) is 13.8 Å². The Morgan fingerprint density at radius 2 is 2.36 bits per heavy atom. The summed E-state index contributed by atoms with van der Waals surface area (Å²) in [5.41, 5.74) is -0.630. The number of nitriles is 1. The molecule has 0 saturated heterocycles. The van der Waals surface area contributed by atoms with E-state index in [2.05, 4.69) is 16.0 Å². The average Bonchev–Trinajstić information content (AvgIpc) is 2.28. The second kappa shape index (κ2) is 4.05. The van der Waals surface area contributed by atoms with E-state index >= 15 is 0 Å². The van der Waals surface area contributed by atoms with Crippen molar-refractivity contribution in [3.8, 4) is 11.9 Å². The van der Waals surface area contributed by atoms with Crippen molar-refractivity contribution in [1.29, 1.82) is 5.26 Å². The summed E-state index contributed by atoms with van der Waals surface area (Å²) in [6.45, 7) is 3.76. The lowest BCUT2D eigenvalue weighted by atomic mass is 9.88. The van der Waals surface area contributed by atoms with Crippen LogP contribution in [-0.2, 0) is 5.41 Å². The maximum absolute atomic E-state index is 9.03. The van der Waals surface area contributed by atoms with Crippen molar-refractivity contribution in [2.24, 2.45) is 0 Å². The van der Waals surface area contributed by atoms with Crippen molar-refractivity contribution < 1.29 is 4.74 Å². The Labute approximate surface area is 83.6 Å². The number of aromatic nitrogens is 2. The molecule has 0 amide bonds. The van der Waals surface area contributed by atoms with Crippen LogP contribution >= 0.6 is 0 Å². The van der Waals surface area contributed by atoms with Gasteiger partial charge in [0.25, 0.3) is 0 Å². The average molecular weight is 191 g/mol. The van der Waals surface area contributed by atoms with Crippen molar-refractivity contribution in [3.05, 3.63) is 18.1 Å². The van der Waals surface area contributed by atoms with E-state index < -0.39 is 5.41 Å². The summed E-state index contributed by atoms with van der Waals surface area (Å²) in [6, 6.07) is 3.88. The minimum absolute atomic E-state index is 0.491. The molecule has 0 saturated carbocycles. The van der Waals surface area contributed by atoms with E-state index in [4.69, 9.17) is 10.00 Å². The van der Waals surface area contributed by atoms with E-state index in [1.54, 1.807) is 19.4 Å². The van der Waals surface area contributed by atoms with Gasteiger partial charge in [0.15, 0.2) is 5.82 Å². The highest BCUT2D eigenvalue weighted by molar-refractivity contribution is 5.21. The van der Waals surface area contributed by atoms with E-state index in [0.717, 1.165) is 0 Å². The summed E-state index contributed by atoms with van der Waals surface area (Å²) in [5.74, 6) is 1.01. The van der Waals surface area contributed by atoms with Crippen LogP contribution < -0.4 is 4.74 Å². The third-order valence-electron chi connectivity index (χ3n) is 2.29. The highest BCUT2D eigenvalue weighted by Gasteiger charge is 2.27. The predicted molar refractivity (Wildman–Crippen MR) is 51.8 cm³/mol. The third-order valence-corrected chi connectivity index (χ3v) is 2.29. The molecule has 0 aliphatic carbocycles. The zero-order valence-corrected chi connectivity index (χ0v) is 8.61. The predicted octanol–water partition coefficient (Wildman–Crippen LogP) is 1.68. The van der Waals surface area contributed by atoms with Crippen molar-refractivity contribution >= 4 is 0 Å². The normalized spacial score (nSPS) is 14.1. The van der Waals surface area contributed by atoms with Gasteiger partial charge in [-0.25, -0.2) is 4.98 Å². The van der Waals surface area contributed by atoms with Crippen LogP contribution in [0.25, 0.3) is 0 Å². The van der Waals surface area contributed by atoms with E-state index in [0.29, 0.717) is 18.1 Å². The minimum atomic E-state index is -0.630. The smallest absolute Gasteiger partial charge is 0.216 e. The molecule has 0 aromatic carbocycles. The lowest BCUT2D eigenvalue weighted by Gasteiger charge is -2.17. The third kappa shape index (κ3) is 1.82. The second-order valence-electron chi connectivity index (χ2n) is 3.22. The quantitative estimate of drug-likeness (QED) is 0.729. The van der Waals surface area contributed by atoms with Gasteiger partial charge in [-0.15, -0.1) is 0 Å². The van der Waals surface area contributed by atoms with E-state index in [-0.39, 0.29) is 0 Å². The Balaban J connectivity index is 3.12. The Kier molecular flexibility index (Phi) is 3.03.